The molecule has 23 heavy (non-hydrogen) atoms. The van der Waals surface area contributed by atoms with Crippen LogP contribution in [0.4, 0.5) is 5.82 Å². The molecule has 4 rings (SSSR count). The molecule has 0 unspecified atom stereocenters. The predicted octanol–water partition coefficient (Wildman–Crippen LogP) is 2.12. The largest absolute Gasteiger partial charge is 0.289 e. The Morgan fingerprint density at radius 1 is 1.13 bits per heavy atom. The highest BCUT2D eigenvalue weighted by atomic mass is 32.1. The minimum atomic E-state index is -0.353. The van der Waals surface area contributed by atoms with Crippen LogP contribution in [0.1, 0.15) is 33.8 Å². The van der Waals surface area contributed by atoms with E-state index in [2.05, 4.69) is 30.8 Å². The van der Waals surface area contributed by atoms with Crippen LogP contribution in [0.2, 0.25) is 0 Å². The number of nitrogens with zero attached hydrogens (tertiary/aromatic N) is 4. The fourth-order valence-electron chi connectivity index (χ4n) is 2.78. The summed E-state index contributed by atoms with van der Waals surface area (Å²) in [6.07, 6.45) is 10.5. The summed E-state index contributed by atoms with van der Waals surface area (Å²) >= 11 is 1.72. The lowest BCUT2D eigenvalue weighted by molar-refractivity contribution is 0.0957. The van der Waals surface area contributed by atoms with Crippen LogP contribution in [-0.4, -0.2) is 25.8 Å². The number of aromatic nitrogens is 4. The zero-order valence-electron chi connectivity index (χ0n) is 12.2. The first-order valence-corrected chi connectivity index (χ1v) is 8.22. The number of nitrogens with one attached hydrogen (secondary N) is 2. The summed E-state index contributed by atoms with van der Waals surface area (Å²) in [5, 5.41) is 1.02. The van der Waals surface area contributed by atoms with Crippen molar-refractivity contribution in [3.63, 3.8) is 0 Å². The van der Waals surface area contributed by atoms with Crippen LogP contribution >= 0.6 is 11.3 Å². The van der Waals surface area contributed by atoms with Crippen molar-refractivity contribution in [1.82, 2.24) is 25.4 Å². The van der Waals surface area contributed by atoms with Crippen LogP contribution in [0.3, 0.4) is 0 Å². The average Bonchev–Trinajstić information content (AvgIpc) is 2.99. The minimum absolute atomic E-state index is 0.248. The minimum Gasteiger partial charge on any atom is -0.281 e. The van der Waals surface area contributed by atoms with Gasteiger partial charge in [0.05, 0.1) is 11.6 Å². The second kappa shape index (κ2) is 5.88. The number of carbonyl (C=O) groups is 1. The number of fused-ring (bicyclic) bond motifs is 3. The van der Waals surface area contributed by atoms with Gasteiger partial charge in [-0.05, 0) is 31.2 Å². The molecule has 116 valence electrons. The third-order valence-electron chi connectivity index (χ3n) is 3.84. The van der Waals surface area contributed by atoms with Gasteiger partial charge in [0.1, 0.15) is 16.9 Å². The van der Waals surface area contributed by atoms with Crippen molar-refractivity contribution in [2.24, 2.45) is 0 Å². The Balaban J connectivity index is 1.62. The number of anilines is 1. The molecule has 0 radical (unpaired) electrons. The summed E-state index contributed by atoms with van der Waals surface area (Å²) in [4.78, 5) is 30.9. The third-order valence-corrected chi connectivity index (χ3v) is 5.04. The molecular formula is C15H14N6OS. The molecule has 0 bridgehead atoms. The molecule has 3 heterocycles. The summed E-state index contributed by atoms with van der Waals surface area (Å²) in [6, 6.07) is 0. The van der Waals surface area contributed by atoms with Gasteiger partial charge in [-0.2, -0.15) is 0 Å². The van der Waals surface area contributed by atoms with E-state index in [0.717, 1.165) is 23.1 Å². The first kappa shape index (κ1) is 14.0. The molecule has 3 aromatic heterocycles. The van der Waals surface area contributed by atoms with Crippen molar-refractivity contribution in [2.75, 3.05) is 5.43 Å². The Kier molecular flexibility index (Phi) is 3.58. The molecule has 0 fully saturated rings. The van der Waals surface area contributed by atoms with Crippen LogP contribution < -0.4 is 10.9 Å². The van der Waals surface area contributed by atoms with Crippen LogP contribution in [0.5, 0.6) is 0 Å². The van der Waals surface area contributed by atoms with Crippen molar-refractivity contribution >= 4 is 33.3 Å². The van der Waals surface area contributed by atoms with E-state index < -0.39 is 0 Å². The molecule has 7 nitrogen and oxygen atoms in total. The summed E-state index contributed by atoms with van der Waals surface area (Å²) in [6.45, 7) is 0. The van der Waals surface area contributed by atoms with E-state index in [1.54, 1.807) is 11.3 Å². The maximum absolute atomic E-state index is 12.1. The lowest BCUT2D eigenvalue weighted by Crippen LogP contribution is -2.30. The highest BCUT2D eigenvalue weighted by molar-refractivity contribution is 7.19. The molecule has 0 atom stereocenters. The highest BCUT2D eigenvalue weighted by Crippen LogP contribution is 2.37. The van der Waals surface area contributed by atoms with E-state index in [0.29, 0.717) is 5.82 Å². The lowest BCUT2D eigenvalue weighted by Gasteiger charge is -2.12. The summed E-state index contributed by atoms with van der Waals surface area (Å²) in [5.41, 5.74) is 7.10. The fourth-order valence-corrected chi connectivity index (χ4v) is 4.01. The van der Waals surface area contributed by atoms with Crippen molar-refractivity contribution in [1.29, 1.82) is 0 Å². The fraction of sp³-hybridized carbons (Fsp3) is 0.267. The molecule has 1 aliphatic carbocycles. The van der Waals surface area contributed by atoms with Gasteiger partial charge in [-0.3, -0.25) is 20.6 Å². The standard InChI is InChI=1S/C15H14N6OS/c22-14(10-7-16-5-6-17-10)21-20-13-12-9-3-1-2-4-11(9)23-15(12)19-8-18-13/h5-8H,1-4H2,(H,21,22)(H,18,19,20). The molecule has 0 aromatic carbocycles. The molecule has 8 heteroatoms. The van der Waals surface area contributed by atoms with Gasteiger partial charge in [0, 0.05) is 17.3 Å². The van der Waals surface area contributed by atoms with Crippen LogP contribution in [0.25, 0.3) is 10.2 Å². The number of carbonyl (C=O) groups excluding carboxylic acids is 1. The average molecular weight is 326 g/mol. The number of aryl methyl sites for hydroxylation is 2. The molecule has 1 aliphatic rings. The summed E-state index contributed by atoms with van der Waals surface area (Å²) < 4.78 is 0. The first-order valence-electron chi connectivity index (χ1n) is 7.40. The van der Waals surface area contributed by atoms with Gasteiger partial charge < -0.3 is 0 Å². The highest BCUT2D eigenvalue weighted by Gasteiger charge is 2.20. The topological polar surface area (TPSA) is 92.7 Å². The van der Waals surface area contributed by atoms with Gasteiger partial charge in [-0.25, -0.2) is 15.0 Å². The smallest absolute Gasteiger partial charge is 0.281 e. The van der Waals surface area contributed by atoms with Gasteiger partial charge in [-0.15, -0.1) is 11.3 Å². The zero-order valence-corrected chi connectivity index (χ0v) is 13.1. The molecule has 1 amide bonds. The third kappa shape index (κ3) is 2.61. The van der Waals surface area contributed by atoms with E-state index in [1.165, 1.54) is 48.2 Å². The second-order valence-corrected chi connectivity index (χ2v) is 6.37. The quantitative estimate of drug-likeness (QED) is 0.716. The number of hydrogen-bond donors (Lipinski definition) is 2. The normalized spacial score (nSPS) is 13.6. The van der Waals surface area contributed by atoms with E-state index in [-0.39, 0.29) is 11.6 Å². The number of hydrazine groups is 1. The Morgan fingerprint density at radius 2 is 2.04 bits per heavy atom. The van der Waals surface area contributed by atoms with E-state index in [9.17, 15) is 4.79 Å². The molecule has 2 N–H and O–H groups in total. The van der Waals surface area contributed by atoms with Gasteiger partial charge in [0.2, 0.25) is 0 Å². The SMILES string of the molecule is O=C(NNc1ncnc2sc3c(c12)CCCC3)c1cnccn1. The van der Waals surface area contributed by atoms with Crippen LogP contribution in [0.15, 0.2) is 24.9 Å². The predicted molar refractivity (Wildman–Crippen MR) is 87.2 cm³/mol. The zero-order chi connectivity index (χ0) is 15.6. The Bertz CT molecular complexity index is 863. The number of hydrogen-bond acceptors (Lipinski definition) is 7. The van der Waals surface area contributed by atoms with E-state index in [1.807, 2.05) is 0 Å². The molecule has 0 saturated carbocycles. The van der Waals surface area contributed by atoms with Crippen LogP contribution in [-0.2, 0) is 12.8 Å². The molecule has 0 aliphatic heterocycles. The second-order valence-electron chi connectivity index (χ2n) is 5.28. The van der Waals surface area contributed by atoms with Gasteiger partial charge in [0.25, 0.3) is 5.91 Å². The van der Waals surface area contributed by atoms with Gasteiger partial charge in [-0.1, -0.05) is 0 Å². The number of thiophene rings is 1. The molecule has 3 aromatic rings. The summed E-state index contributed by atoms with van der Waals surface area (Å²) in [7, 11) is 0. The number of rotatable bonds is 3. The molecule has 0 spiro atoms. The van der Waals surface area contributed by atoms with E-state index >= 15 is 0 Å². The maximum Gasteiger partial charge on any atom is 0.289 e. The van der Waals surface area contributed by atoms with Crippen LogP contribution in [0, 0.1) is 0 Å². The Morgan fingerprint density at radius 3 is 2.91 bits per heavy atom. The monoisotopic (exact) mass is 326 g/mol. The van der Waals surface area contributed by atoms with Gasteiger partial charge >= 0.3 is 0 Å². The first-order chi connectivity index (χ1) is 11.3. The van der Waals surface area contributed by atoms with Crippen molar-refractivity contribution in [3.05, 3.63) is 41.1 Å². The Labute approximate surface area is 136 Å². The van der Waals surface area contributed by atoms with Crippen molar-refractivity contribution in [2.45, 2.75) is 25.7 Å². The Hall–Kier alpha value is -2.61. The molecule has 0 saturated heterocycles. The van der Waals surface area contributed by atoms with Crippen molar-refractivity contribution in [3.8, 4) is 0 Å². The lowest BCUT2D eigenvalue weighted by atomic mass is 9.97. The van der Waals surface area contributed by atoms with E-state index in [4.69, 9.17) is 0 Å². The number of amides is 1. The maximum atomic E-state index is 12.1. The van der Waals surface area contributed by atoms with Crippen molar-refractivity contribution < 1.29 is 4.79 Å². The molecular weight excluding hydrogens is 312 g/mol. The summed E-state index contributed by atoms with van der Waals surface area (Å²) in [5.74, 6) is 0.278. The van der Waals surface area contributed by atoms with Gasteiger partial charge in [0.15, 0.2) is 5.82 Å².